The Labute approximate surface area is 143 Å². The van der Waals surface area contributed by atoms with Crippen molar-refractivity contribution < 1.29 is 29.4 Å². The largest absolute Gasteiger partial charge is 0.383 e. The molecule has 0 atom stereocenters. The first-order valence-corrected chi connectivity index (χ1v) is 12.6. The molecule has 1 fully saturated rings. The van der Waals surface area contributed by atoms with Crippen LogP contribution in [-0.4, -0.2) is 41.8 Å². The van der Waals surface area contributed by atoms with Gasteiger partial charge in [0.05, 0.1) is 16.4 Å². The highest BCUT2D eigenvalue weighted by Crippen LogP contribution is 2.27. The van der Waals surface area contributed by atoms with Gasteiger partial charge in [-0.15, -0.1) is 0 Å². The third-order valence-corrected chi connectivity index (χ3v) is 9.34. The topological polar surface area (TPSA) is 112 Å². The minimum Gasteiger partial charge on any atom is -0.383 e. The molecular formula is C14H20O7S3. The number of hydrogen-bond acceptors (Lipinski definition) is 7. The van der Waals surface area contributed by atoms with Crippen molar-refractivity contribution in [2.45, 2.75) is 42.2 Å². The zero-order valence-electron chi connectivity index (χ0n) is 13.2. The molecule has 0 saturated heterocycles. The number of rotatable bonds is 6. The average molecular weight is 397 g/mol. The van der Waals surface area contributed by atoms with Gasteiger partial charge in [0.25, 0.3) is 0 Å². The third kappa shape index (κ3) is 5.18. The van der Waals surface area contributed by atoms with Gasteiger partial charge in [0.2, 0.25) is 0 Å². The lowest BCUT2D eigenvalue weighted by Crippen LogP contribution is -2.29. The van der Waals surface area contributed by atoms with Crippen LogP contribution in [0.4, 0.5) is 0 Å². The molecule has 0 unspecified atom stereocenters. The predicted octanol–water partition coefficient (Wildman–Crippen LogP) is 1.50. The van der Waals surface area contributed by atoms with E-state index in [2.05, 4.69) is 4.18 Å². The molecule has 0 heterocycles. The van der Waals surface area contributed by atoms with Crippen LogP contribution < -0.4 is 4.18 Å². The van der Waals surface area contributed by atoms with Crippen LogP contribution in [0.1, 0.15) is 32.1 Å². The summed E-state index contributed by atoms with van der Waals surface area (Å²) in [5.41, 5.74) is 0. The van der Waals surface area contributed by atoms with Gasteiger partial charge < -0.3 is 4.18 Å². The Bertz CT molecular complexity index is 876. The van der Waals surface area contributed by atoms with E-state index in [0.717, 1.165) is 37.7 Å². The normalized spacial score (nSPS) is 17.5. The van der Waals surface area contributed by atoms with Gasteiger partial charge in [-0.25, -0.2) is 16.8 Å². The monoisotopic (exact) mass is 396 g/mol. The molecule has 0 N–H and O–H groups in total. The molecule has 136 valence electrons. The van der Waals surface area contributed by atoms with Gasteiger partial charge in [-0.05, 0) is 37.1 Å². The Morgan fingerprint density at radius 1 is 0.917 bits per heavy atom. The van der Waals surface area contributed by atoms with E-state index in [1.807, 2.05) is 0 Å². The minimum absolute atomic E-state index is 0.0356. The lowest BCUT2D eigenvalue weighted by atomic mass is 10.0. The van der Waals surface area contributed by atoms with Gasteiger partial charge in [0, 0.05) is 0 Å². The second kappa shape index (κ2) is 7.01. The molecule has 7 nitrogen and oxygen atoms in total. The lowest BCUT2D eigenvalue weighted by Gasteiger charge is -2.21. The number of hydrogen-bond donors (Lipinski definition) is 0. The first-order chi connectivity index (χ1) is 11.0. The molecule has 0 radical (unpaired) electrons. The molecule has 1 saturated carbocycles. The van der Waals surface area contributed by atoms with E-state index in [9.17, 15) is 25.3 Å². The van der Waals surface area contributed by atoms with Crippen molar-refractivity contribution in [2.75, 3.05) is 11.3 Å². The summed E-state index contributed by atoms with van der Waals surface area (Å²) >= 11 is 0. The smallest absolute Gasteiger partial charge is 0.306 e. The fourth-order valence-electron chi connectivity index (χ4n) is 2.68. The zero-order valence-corrected chi connectivity index (χ0v) is 15.7. The van der Waals surface area contributed by atoms with Gasteiger partial charge >= 0.3 is 10.1 Å². The molecule has 10 heteroatoms. The van der Waals surface area contributed by atoms with Crippen molar-refractivity contribution in [1.29, 1.82) is 0 Å². The van der Waals surface area contributed by atoms with E-state index in [4.69, 9.17) is 0 Å². The Morgan fingerprint density at radius 3 is 1.96 bits per heavy atom. The summed E-state index contributed by atoms with van der Waals surface area (Å²) in [5, 5.41) is -1.54. The van der Waals surface area contributed by atoms with E-state index in [1.165, 1.54) is 12.1 Å². The Kier molecular flexibility index (Phi) is 5.61. The molecule has 24 heavy (non-hydrogen) atoms. The van der Waals surface area contributed by atoms with Crippen LogP contribution in [0.25, 0.3) is 0 Å². The van der Waals surface area contributed by atoms with Gasteiger partial charge in [-0.2, -0.15) is 8.42 Å². The minimum atomic E-state index is -4.02. The highest BCUT2D eigenvalue weighted by molar-refractivity contribution is 8.08. The first-order valence-electron chi connectivity index (χ1n) is 7.43. The van der Waals surface area contributed by atoms with Gasteiger partial charge in [0.1, 0.15) is 5.75 Å². The summed E-state index contributed by atoms with van der Waals surface area (Å²) in [6, 6.07) is 4.65. The fourth-order valence-corrected chi connectivity index (χ4v) is 7.79. The quantitative estimate of drug-likeness (QED) is 0.670. The molecule has 0 spiro atoms. The molecule has 1 aliphatic carbocycles. The van der Waals surface area contributed by atoms with E-state index in [-0.39, 0.29) is 10.6 Å². The molecular weight excluding hydrogens is 376 g/mol. The van der Waals surface area contributed by atoms with Crippen LogP contribution in [0.5, 0.6) is 5.75 Å². The van der Waals surface area contributed by atoms with Crippen molar-refractivity contribution in [3.63, 3.8) is 0 Å². The molecule has 0 bridgehead atoms. The number of benzene rings is 1. The van der Waals surface area contributed by atoms with Crippen LogP contribution in [0.15, 0.2) is 29.2 Å². The maximum atomic E-state index is 12.3. The maximum absolute atomic E-state index is 12.3. The summed E-state index contributed by atoms with van der Waals surface area (Å²) in [6.45, 7) is 0. The summed E-state index contributed by atoms with van der Waals surface area (Å²) in [4.78, 5) is -0.178. The fraction of sp³-hybridized carbons (Fsp3) is 0.571. The van der Waals surface area contributed by atoms with Crippen LogP contribution in [0.2, 0.25) is 0 Å². The first kappa shape index (κ1) is 19.2. The molecule has 1 aromatic rings. The molecule has 2 rings (SSSR count). The van der Waals surface area contributed by atoms with E-state index in [0.29, 0.717) is 12.8 Å². The van der Waals surface area contributed by atoms with Crippen LogP contribution in [0.3, 0.4) is 0 Å². The van der Waals surface area contributed by atoms with Crippen molar-refractivity contribution in [3.8, 4) is 5.75 Å². The van der Waals surface area contributed by atoms with Crippen molar-refractivity contribution in [1.82, 2.24) is 0 Å². The summed E-state index contributed by atoms with van der Waals surface area (Å²) in [5.74, 6) is -0.0356. The third-order valence-electron chi connectivity index (χ3n) is 3.81. The van der Waals surface area contributed by atoms with Crippen LogP contribution in [-0.2, 0) is 29.8 Å². The van der Waals surface area contributed by atoms with Gasteiger partial charge in [-0.3, -0.25) is 0 Å². The zero-order chi connectivity index (χ0) is 18.0. The van der Waals surface area contributed by atoms with E-state index in [1.54, 1.807) is 0 Å². The summed E-state index contributed by atoms with van der Waals surface area (Å²) in [6.07, 6.45) is 4.43. The van der Waals surface area contributed by atoms with Crippen LogP contribution in [0, 0.1) is 0 Å². The van der Waals surface area contributed by atoms with Gasteiger partial charge in [0.15, 0.2) is 24.8 Å². The summed E-state index contributed by atoms with van der Waals surface area (Å²) < 4.78 is 76.1. The van der Waals surface area contributed by atoms with E-state index >= 15 is 0 Å². The number of sulfone groups is 2. The Balaban J connectivity index is 2.18. The summed E-state index contributed by atoms with van der Waals surface area (Å²) in [7, 11) is -11.5. The van der Waals surface area contributed by atoms with E-state index < -0.39 is 40.1 Å². The second-order valence-corrected chi connectivity index (χ2v) is 12.1. The SMILES string of the molecule is CS(=O)(=O)Oc1ccc(S(=O)(=O)CS(=O)(=O)C2CCCCC2)cc1. The predicted molar refractivity (Wildman–Crippen MR) is 89.8 cm³/mol. The highest BCUT2D eigenvalue weighted by atomic mass is 32.3. The average Bonchev–Trinajstić information content (AvgIpc) is 2.46. The molecule has 1 aliphatic rings. The Hall–Kier alpha value is -1.13. The maximum Gasteiger partial charge on any atom is 0.306 e. The highest BCUT2D eigenvalue weighted by Gasteiger charge is 2.32. The van der Waals surface area contributed by atoms with Crippen molar-refractivity contribution in [3.05, 3.63) is 24.3 Å². The standard InChI is InChI=1S/C14H20O7S3/c1-22(15,16)21-12-7-9-14(10-8-12)24(19,20)11-23(17,18)13-5-3-2-4-6-13/h7-10,13H,2-6,11H2,1H3. The van der Waals surface area contributed by atoms with Crippen LogP contribution >= 0.6 is 0 Å². The van der Waals surface area contributed by atoms with Gasteiger partial charge in [-0.1, -0.05) is 19.3 Å². The molecule has 0 aliphatic heterocycles. The van der Waals surface area contributed by atoms with Crippen molar-refractivity contribution >= 4 is 29.8 Å². The lowest BCUT2D eigenvalue weighted by molar-refractivity contribution is 0.485. The molecule has 0 aromatic heterocycles. The molecule has 1 aromatic carbocycles. The Morgan fingerprint density at radius 2 is 1.46 bits per heavy atom. The molecule has 0 amide bonds. The second-order valence-electron chi connectivity index (χ2n) is 5.91. The van der Waals surface area contributed by atoms with Crippen molar-refractivity contribution in [2.24, 2.45) is 0 Å².